The lowest BCUT2D eigenvalue weighted by Gasteiger charge is -2.15. The highest BCUT2D eigenvalue weighted by atomic mass is 32.2. The summed E-state index contributed by atoms with van der Waals surface area (Å²) in [6.07, 6.45) is 0. The van der Waals surface area contributed by atoms with Crippen LogP contribution in [0.5, 0.6) is 0 Å². The summed E-state index contributed by atoms with van der Waals surface area (Å²) < 4.78 is 0.595. The monoisotopic (exact) mass is 491 g/mol. The van der Waals surface area contributed by atoms with Gasteiger partial charge in [0.2, 0.25) is 11.0 Å². The second-order valence-electron chi connectivity index (χ2n) is 7.54. The highest BCUT2D eigenvalue weighted by Gasteiger charge is 2.26. The zero-order valence-corrected chi connectivity index (χ0v) is 20.0. The molecule has 0 radical (unpaired) electrons. The minimum Gasteiger partial charge on any atom is -0.330 e. The summed E-state index contributed by atoms with van der Waals surface area (Å²) in [6.45, 7) is 3.77. The van der Waals surface area contributed by atoms with Crippen LogP contribution in [0.4, 0.5) is 22.2 Å². The molecule has 4 aromatic rings. The normalized spacial score (nSPS) is 11.6. The van der Waals surface area contributed by atoms with Gasteiger partial charge in [0.15, 0.2) is 4.34 Å². The third-order valence-electron chi connectivity index (χ3n) is 4.84. The zero-order valence-electron chi connectivity index (χ0n) is 18.4. The van der Waals surface area contributed by atoms with Gasteiger partial charge in [0.05, 0.1) is 4.92 Å². The Kier molecular flexibility index (Phi) is 7.19. The Hall–Kier alpha value is -3.76. The van der Waals surface area contributed by atoms with Gasteiger partial charge in [0.25, 0.3) is 5.69 Å². The predicted molar refractivity (Wildman–Crippen MR) is 136 cm³/mol. The van der Waals surface area contributed by atoms with Crippen LogP contribution in [0.15, 0.2) is 77.1 Å². The van der Waals surface area contributed by atoms with Crippen LogP contribution < -0.4 is 10.6 Å². The number of nitrogens with zero attached hydrogens (tertiary/aromatic N) is 3. The number of benzene rings is 3. The van der Waals surface area contributed by atoms with Crippen LogP contribution in [0.3, 0.4) is 0 Å². The number of nitro benzene ring substituents is 1. The van der Waals surface area contributed by atoms with E-state index in [-0.39, 0.29) is 17.3 Å². The van der Waals surface area contributed by atoms with E-state index < -0.39 is 10.2 Å². The molecule has 0 aliphatic rings. The summed E-state index contributed by atoms with van der Waals surface area (Å²) in [5.74, 6) is -0.383. The summed E-state index contributed by atoms with van der Waals surface area (Å²) >= 11 is 2.58. The number of rotatable bonds is 8. The molecule has 3 aromatic carbocycles. The number of nitrogens with one attached hydrogen (secondary N) is 2. The third kappa shape index (κ3) is 5.77. The highest BCUT2D eigenvalue weighted by molar-refractivity contribution is 8.02. The molecule has 1 heterocycles. The Labute approximate surface area is 204 Å². The van der Waals surface area contributed by atoms with E-state index in [4.69, 9.17) is 0 Å². The van der Waals surface area contributed by atoms with Gasteiger partial charge >= 0.3 is 0 Å². The molecule has 1 aromatic heterocycles. The van der Waals surface area contributed by atoms with Crippen LogP contribution in [0.2, 0.25) is 0 Å². The number of thioether (sulfide) groups is 1. The van der Waals surface area contributed by atoms with Gasteiger partial charge in [-0.15, -0.1) is 10.2 Å². The minimum absolute atomic E-state index is 0.147. The zero-order chi connectivity index (χ0) is 24.1. The third-order valence-corrected chi connectivity index (χ3v) is 7.02. The molecule has 4 rings (SSSR count). The fraction of sp³-hybridized carbons (Fsp3) is 0.125. The molecule has 1 unspecified atom stereocenters. The SMILES string of the molecule is Cc1cccc(Nc2nnc(SC(C(=O)Nc3ccc(C)cc3[N+](=O)[O-])c3ccccc3)s2)c1. The molecular weight excluding hydrogens is 470 g/mol. The molecular formula is C24H21N5O3S2. The van der Waals surface area contributed by atoms with Crippen molar-refractivity contribution in [3.05, 3.63) is 99.6 Å². The summed E-state index contributed by atoms with van der Waals surface area (Å²) in [7, 11) is 0. The van der Waals surface area contributed by atoms with Gasteiger partial charge in [-0.25, -0.2) is 0 Å². The Balaban J connectivity index is 1.57. The molecule has 2 N–H and O–H groups in total. The van der Waals surface area contributed by atoms with E-state index in [1.807, 2.05) is 61.5 Å². The Bertz CT molecular complexity index is 1330. The summed E-state index contributed by atoms with van der Waals surface area (Å²) in [5, 5.41) is 25.8. The summed E-state index contributed by atoms with van der Waals surface area (Å²) in [5.41, 5.74) is 3.52. The highest BCUT2D eigenvalue weighted by Crippen LogP contribution is 2.39. The maximum atomic E-state index is 13.3. The van der Waals surface area contributed by atoms with Crippen molar-refractivity contribution in [3.63, 3.8) is 0 Å². The molecule has 0 fully saturated rings. The van der Waals surface area contributed by atoms with Gasteiger partial charge in [-0.3, -0.25) is 14.9 Å². The minimum atomic E-state index is -0.679. The molecule has 172 valence electrons. The van der Waals surface area contributed by atoms with Crippen LogP contribution >= 0.6 is 23.1 Å². The van der Waals surface area contributed by atoms with Gasteiger partial charge < -0.3 is 10.6 Å². The topological polar surface area (TPSA) is 110 Å². The van der Waals surface area contributed by atoms with Crippen molar-refractivity contribution in [2.45, 2.75) is 23.4 Å². The Morgan fingerprint density at radius 3 is 2.50 bits per heavy atom. The van der Waals surface area contributed by atoms with E-state index in [0.717, 1.165) is 22.4 Å². The average Bonchev–Trinajstić information content (AvgIpc) is 3.26. The fourth-order valence-electron chi connectivity index (χ4n) is 3.25. The van der Waals surface area contributed by atoms with E-state index >= 15 is 0 Å². The molecule has 34 heavy (non-hydrogen) atoms. The lowest BCUT2D eigenvalue weighted by atomic mass is 10.1. The largest absolute Gasteiger partial charge is 0.330 e. The van der Waals surface area contributed by atoms with E-state index in [9.17, 15) is 14.9 Å². The second-order valence-corrected chi connectivity index (χ2v) is 9.87. The molecule has 0 spiro atoms. The van der Waals surface area contributed by atoms with Crippen LogP contribution in [0.1, 0.15) is 21.9 Å². The standard InChI is InChI=1S/C24H21N5O3S2/c1-15-7-6-10-18(13-15)25-23-27-28-24(34-23)33-21(17-8-4-3-5-9-17)22(30)26-19-12-11-16(2)14-20(19)29(31)32/h3-14,21H,1-2H3,(H,25,27)(H,26,30). The number of carbonyl (C=O) groups is 1. The Morgan fingerprint density at radius 2 is 1.76 bits per heavy atom. The smallest absolute Gasteiger partial charge is 0.293 e. The number of hydrogen-bond acceptors (Lipinski definition) is 8. The van der Waals surface area contributed by atoms with Gasteiger partial charge in [0.1, 0.15) is 10.9 Å². The maximum Gasteiger partial charge on any atom is 0.293 e. The van der Waals surface area contributed by atoms with Gasteiger partial charge in [-0.2, -0.15) is 0 Å². The van der Waals surface area contributed by atoms with Crippen molar-refractivity contribution in [1.29, 1.82) is 0 Å². The molecule has 1 atom stereocenters. The quantitative estimate of drug-likeness (QED) is 0.170. The van der Waals surface area contributed by atoms with Crippen LogP contribution in [0.25, 0.3) is 0 Å². The Morgan fingerprint density at radius 1 is 1.00 bits per heavy atom. The molecule has 0 saturated heterocycles. The van der Waals surface area contributed by atoms with Crippen molar-refractivity contribution < 1.29 is 9.72 Å². The van der Waals surface area contributed by atoms with E-state index in [1.165, 1.54) is 29.2 Å². The number of hydrogen-bond donors (Lipinski definition) is 2. The first-order chi connectivity index (χ1) is 16.4. The molecule has 0 saturated carbocycles. The van der Waals surface area contributed by atoms with E-state index in [0.29, 0.717) is 9.47 Å². The van der Waals surface area contributed by atoms with Gasteiger partial charge in [-0.05, 0) is 48.7 Å². The number of carbonyl (C=O) groups excluding carboxylic acids is 1. The van der Waals surface area contributed by atoms with Gasteiger partial charge in [0, 0.05) is 11.8 Å². The van der Waals surface area contributed by atoms with Gasteiger partial charge in [-0.1, -0.05) is 71.6 Å². The van der Waals surface area contributed by atoms with Crippen molar-refractivity contribution >= 4 is 51.2 Å². The van der Waals surface area contributed by atoms with Crippen molar-refractivity contribution in [2.24, 2.45) is 0 Å². The van der Waals surface area contributed by atoms with E-state index in [1.54, 1.807) is 19.1 Å². The molecule has 8 nitrogen and oxygen atoms in total. The first-order valence-corrected chi connectivity index (χ1v) is 12.0. The van der Waals surface area contributed by atoms with Crippen LogP contribution in [0, 0.1) is 24.0 Å². The molecule has 0 aliphatic carbocycles. The number of amides is 1. The molecule has 10 heteroatoms. The maximum absolute atomic E-state index is 13.3. The number of aromatic nitrogens is 2. The predicted octanol–water partition coefficient (Wildman–Crippen LogP) is 6.28. The molecule has 1 amide bonds. The number of anilines is 3. The van der Waals surface area contributed by atoms with Crippen molar-refractivity contribution in [2.75, 3.05) is 10.6 Å². The number of aryl methyl sites for hydroxylation is 2. The lowest BCUT2D eigenvalue weighted by Crippen LogP contribution is -2.19. The summed E-state index contributed by atoms with van der Waals surface area (Å²) in [6, 6.07) is 21.8. The van der Waals surface area contributed by atoms with Crippen molar-refractivity contribution in [1.82, 2.24) is 10.2 Å². The number of nitro groups is 1. The fourth-order valence-corrected chi connectivity index (χ4v) is 5.22. The van der Waals surface area contributed by atoms with E-state index in [2.05, 4.69) is 20.8 Å². The lowest BCUT2D eigenvalue weighted by molar-refractivity contribution is -0.384. The molecule has 0 aliphatic heterocycles. The average molecular weight is 492 g/mol. The van der Waals surface area contributed by atoms with Crippen LogP contribution in [-0.4, -0.2) is 21.0 Å². The first kappa shape index (κ1) is 23.4. The first-order valence-electron chi connectivity index (χ1n) is 10.3. The summed E-state index contributed by atoms with van der Waals surface area (Å²) in [4.78, 5) is 24.3. The van der Waals surface area contributed by atoms with Crippen molar-refractivity contribution in [3.8, 4) is 0 Å². The van der Waals surface area contributed by atoms with Crippen LogP contribution in [-0.2, 0) is 4.79 Å². The molecule has 0 bridgehead atoms. The second kappa shape index (κ2) is 10.4.